The van der Waals surface area contributed by atoms with E-state index in [-0.39, 0.29) is 29.1 Å². The number of morpholine rings is 1. The minimum Gasteiger partial charge on any atom is -0.379 e. The molecule has 1 fully saturated rings. The summed E-state index contributed by atoms with van der Waals surface area (Å²) in [5, 5.41) is 2.80. The Morgan fingerprint density at radius 1 is 1.30 bits per heavy atom. The van der Waals surface area contributed by atoms with Gasteiger partial charge in [-0.15, -0.1) is 0 Å². The molecule has 8 heteroatoms. The van der Waals surface area contributed by atoms with Gasteiger partial charge in [-0.05, 0) is 52.3 Å². The monoisotopic (exact) mass is 398 g/mol. The van der Waals surface area contributed by atoms with E-state index in [1.165, 1.54) is 16.4 Å². The van der Waals surface area contributed by atoms with Gasteiger partial charge in [0.15, 0.2) is 0 Å². The van der Waals surface area contributed by atoms with Crippen molar-refractivity contribution in [2.45, 2.75) is 57.3 Å². The average Bonchev–Trinajstić information content (AvgIpc) is 2.60. The second-order valence-electron chi connectivity index (χ2n) is 7.14. The molecule has 1 heterocycles. The molecule has 1 aliphatic heterocycles. The zero-order valence-electron chi connectivity index (χ0n) is 16.5. The molecule has 27 heavy (non-hydrogen) atoms. The normalized spacial score (nSPS) is 21.4. The van der Waals surface area contributed by atoms with Gasteiger partial charge >= 0.3 is 0 Å². The highest BCUT2D eigenvalue weighted by molar-refractivity contribution is 7.89. The molecule has 2 atom stereocenters. The van der Waals surface area contributed by atoms with Crippen LogP contribution >= 0.6 is 0 Å². The predicted octanol–water partition coefficient (Wildman–Crippen LogP) is 2.03. The van der Waals surface area contributed by atoms with Crippen LogP contribution in [-0.2, 0) is 19.5 Å². The van der Waals surface area contributed by atoms with Crippen molar-refractivity contribution in [2.24, 2.45) is 0 Å². The summed E-state index contributed by atoms with van der Waals surface area (Å²) in [4.78, 5) is 12.4. The predicted molar refractivity (Wildman–Crippen MR) is 103 cm³/mol. The third-order valence-electron chi connectivity index (χ3n) is 4.18. The molecule has 0 aliphatic carbocycles. The lowest BCUT2D eigenvalue weighted by molar-refractivity contribution is -0.0440. The van der Waals surface area contributed by atoms with Crippen LogP contribution in [0.1, 0.15) is 44.5 Å². The molecule has 1 aromatic rings. The van der Waals surface area contributed by atoms with Gasteiger partial charge in [0.25, 0.3) is 5.91 Å². The summed E-state index contributed by atoms with van der Waals surface area (Å²) in [6, 6.07) is 6.16. The van der Waals surface area contributed by atoms with E-state index in [0.29, 0.717) is 38.2 Å². The van der Waals surface area contributed by atoms with E-state index in [9.17, 15) is 13.2 Å². The smallest absolute Gasteiger partial charge is 0.251 e. The van der Waals surface area contributed by atoms with Crippen molar-refractivity contribution in [3.05, 3.63) is 29.8 Å². The topological polar surface area (TPSA) is 84.9 Å². The Hall–Kier alpha value is -1.48. The van der Waals surface area contributed by atoms with Gasteiger partial charge in [0, 0.05) is 31.8 Å². The second-order valence-corrected chi connectivity index (χ2v) is 9.07. The standard InChI is InChI=1S/C19H30N2O5S/c1-14(2)25-10-6-9-20-19(22)17-7-5-8-18(11-17)27(23,24)21-12-15(3)26-16(4)13-21/h5,7-8,11,14-16H,6,9-10,12-13H2,1-4H3,(H,20,22). The minimum atomic E-state index is -3.67. The summed E-state index contributed by atoms with van der Waals surface area (Å²) in [5.41, 5.74) is 0.329. The quantitative estimate of drug-likeness (QED) is 0.677. The molecule has 2 rings (SSSR count). The average molecular weight is 399 g/mol. The van der Waals surface area contributed by atoms with Crippen LogP contribution in [0.15, 0.2) is 29.2 Å². The van der Waals surface area contributed by atoms with Crippen LogP contribution in [0.25, 0.3) is 0 Å². The molecule has 152 valence electrons. The molecule has 1 amide bonds. The second kappa shape index (κ2) is 9.64. The maximum atomic E-state index is 12.9. The van der Waals surface area contributed by atoms with Gasteiger partial charge in [0.2, 0.25) is 10.0 Å². The van der Waals surface area contributed by atoms with Gasteiger partial charge in [0.1, 0.15) is 0 Å². The Labute approximate surface area is 162 Å². The molecule has 1 saturated heterocycles. The first-order valence-corrected chi connectivity index (χ1v) is 10.8. The van der Waals surface area contributed by atoms with Gasteiger partial charge < -0.3 is 14.8 Å². The van der Waals surface area contributed by atoms with E-state index in [1.54, 1.807) is 12.1 Å². The van der Waals surface area contributed by atoms with Crippen LogP contribution in [0.4, 0.5) is 0 Å². The lowest BCUT2D eigenvalue weighted by Gasteiger charge is -2.34. The van der Waals surface area contributed by atoms with Crippen molar-refractivity contribution in [2.75, 3.05) is 26.2 Å². The van der Waals surface area contributed by atoms with Crippen LogP contribution in [0, 0.1) is 0 Å². The van der Waals surface area contributed by atoms with Crippen LogP contribution < -0.4 is 5.32 Å². The Balaban J connectivity index is 2.02. The van der Waals surface area contributed by atoms with Crippen molar-refractivity contribution in [1.82, 2.24) is 9.62 Å². The molecule has 0 aromatic heterocycles. The van der Waals surface area contributed by atoms with Gasteiger partial charge in [-0.3, -0.25) is 4.79 Å². The first kappa shape index (κ1) is 21.8. The van der Waals surface area contributed by atoms with Crippen LogP contribution in [-0.4, -0.2) is 63.2 Å². The van der Waals surface area contributed by atoms with Crippen molar-refractivity contribution < 1.29 is 22.7 Å². The van der Waals surface area contributed by atoms with Crippen molar-refractivity contribution in [3.8, 4) is 0 Å². The third kappa shape index (κ3) is 6.27. The summed E-state index contributed by atoms with van der Waals surface area (Å²) in [6.07, 6.45) is 0.533. The number of nitrogens with zero attached hydrogens (tertiary/aromatic N) is 1. The number of hydrogen-bond donors (Lipinski definition) is 1. The van der Waals surface area contributed by atoms with Gasteiger partial charge in [-0.1, -0.05) is 6.07 Å². The largest absolute Gasteiger partial charge is 0.379 e. The van der Waals surface area contributed by atoms with Crippen molar-refractivity contribution >= 4 is 15.9 Å². The maximum absolute atomic E-state index is 12.9. The third-order valence-corrected chi connectivity index (χ3v) is 6.01. The van der Waals surface area contributed by atoms with Gasteiger partial charge in [-0.2, -0.15) is 4.31 Å². The molecule has 0 radical (unpaired) electrons. The maximum Gasteiger partial charge on any atom is 0.251 e. The number of ether oxygens (including phenoxy) is 2. The zero-order chi connectivity index (χ0) is 20.0. The molecule has 1 aliphatic rings. The van der Waals surface area contributed by atoms with Gasteiger partial charge in [-0.25, -0.2) is 8.42 Å². The number of nitrogens with one attached hydrogen (secondary N) is 1. The van der Waals surface area contributed by atoms with Crippen LogP contribution in [0.3, 0.4) is 0 Å². The highest BCUT2D eigenvalue weighted by Gasteiger charge is 2.32. The molecule has 0 saturated carbocycles. The van der Waals surface area contributed by atoms with E-state index in [0.717, 1.165) is 0 Å². The molecule has 7 nitrogen and oxygen atoms in total. The number of carbonyl (C=O) groups excluding carboxylic acids is 1. The lowest BCUT2D eigenvalue weighted by Crippen LogP contribution is -2.48. The number of sulfonamides is 1. The molecule has 0 spiro atoms. The Bertz CT molecular complexity index is 725. The Morgan fingerprint density at radius 3 is 2.59 bits per heavy atom. The summed E-state index contributed by atoms with van der Waals surface area (Å²) >= 11 is 0. The van der Waals surface area contributed by atoms with E-state index in [2.05, 4.69) is 5.32 Å². The fraction of sp³-hybridized carbons (Fsp3) is 0.632. The number of rotatable bonds is 8. The summed E-state index contributed by atoms with van der Waals surface area (Å²) in [5.74, 6) is -0.291. The number of amides is 1. The first-order valence-electron chi connectivity index (χ1n) is 9.35. The molecular formula is C19H30N2O5S. The summed E-state index contributed by atoms with van der Waals surface area (Å²) in [7, 11) is -3.67. The van der Waals surface area contributed by atoms with Crippen molar-refractivity contribution in [3.63, 3.8) is 0 Å². The minimum absolute atomic E-state index is 0.125. The zero-order valence-corrected chi connectivity index (χ0v) is 17.3. The Morgan fingerprint density at radius 2 is 1.96 bits per heavy atom. The fourth-order valence-electron chi connectivity index (χ4n) is 2.97. The Kier molecular flexibility index (Phi) is 7.79. The molecule has 0 bridgehead atoms. The lowest BCUT2D eigenvalue weighted by atomic mass is 10.2. The van der Waals surface area contributed by atoms with E-state index in [1.807, 2.05) is 27.7 Å². The molecule has 1 N–H and O–H groups in total. The molecular weight excluding hydrogens is 368 g/mol. The fourth-order valence-corrected chi connectivity index (χ4v) is 4.61. The SMILES string of the molecule is CC(C)OCCCNC(=O)c1cccc(S(=O)(=O)N2CC(C)OC(C)C2)c1. The number of hydrogen-bond acceptors (Lipinski definition) is 5. The summed E-state index contributed by atoms with van der Waals surface area (Å²) < 4.78 is 38.3. The highest BCUT2D eigenvalue weighted by atomic mass is 32.2. The van der Waals surface area contributed by atoms with Crippen LogP contribution in [0.5, 0.6) is 0 Å². The van der Waals surface area contributed by atoms with Gasteiger partial charge in [0.05, 0.1) is 23.2 Å². The number of carbonyl (C=O) groups is 1. The van der Waals surface area contributed by atoms with E-state index in [4.69, 9.17) is 9.47 Å². The van der Waals surface area contributed by atoms with E-state index >= 15 is 0 Å². The molecule has 2 unspecified atom stereocenters. The highest BCUT2D eigenvalue weighted by Crippen LogP contribution is 2.21. The van der Waals surface area contributed by atoms with Crippen LogP contribution in [0.2, 0.25) is 0 Å². The number of benzene rings is 1. The van der Waals surface area contributed by atoms with E-state index < -0.39 is 10.0 Å². The first-order chi connectivity index (χ1) is 12.7. The van der Waals surface area contributed by atoms with Crippen molar-refractivity contribution in [1.29, 1.82) is 0 Å². The summed E-state index contributed by atoms with van der Waals surface area (Å²) in [6.45, 7) is 9.27. The molecule has 1 aromatic carbocycles.